The van der Waals surface area contributed by atoms with Gasteiger partial charge in [0.25, 0.3) is 0 Å². The molecule has 3 N–H and O–H groups in total. The van der Waals surface area contributed by atoms with Crippen LogP contribution < -0.4 is 5.32 Å². The summed E-state index contributed by atoms with van der Waals surface area (Å²) in [6.07, 6.45) is 2.74. The van der Waals surface area contributed by atoms with Gasteiger partial charge in [0.15, 0.2) is 0 Å². The zero-order valence-electron chi connectivity index (χ0n) is 11.4. The number of aromatic amines is 1. The molecule has 17 heavy (non-hydrogen) atoms. The van der Waals surface area contributed by atoms with Crippen LogP contribution in [0.4, 0.5) is 0 Å². The van der Waals surface area contributed by atoms with Gasteiger partial charge < -0.3 is 10.4 Å². The number of aliphatic hydroxyl groups excluding tert-OH is 1. The highest BCUT2D eigenvalue weighted by molar-refractivity contribution is 5.23. The van der Waals surface area contributed by atoms with Crippen molar-refractivity contribution >= 4 is 0 Å². The quantitative estimate of drug-likeness (QED) is 0.709. The number of hydrogen-bond acceptors (Lipinski definition) is 3. The van der Waals surface area contributed by atoms with Crippen LogP contribution in [0, 0.1) is 5.92 Å². The molecule has 1 unspecified atom stereocenters. The molecule has 1 heterocycles. The molecule has 1 rings (SSSR count). The normalized spacial score (nSPS) is 13.9. The molecule has 0 saturated heterocycles. The van der Waals surface area contributed by atoms with Crippen LogP contribution in [0.25, 0.3) is 0 Å². The van der Waals surface area contributed by atoms with Gasteiger partial charge in [0.1, 0.15) is 0 Å². The Bertz CT molecular complexity index is 328. The lowest BCUT2D eigenvalue weighted by Gasteiger charge is -2.19. The Morgan fingerprint density at radius 1 is 1.47 bits per heavy atom. The molecule has 98 valence electrons. The third-order valence-corrected chi connectivity index (χ3v) is 2.90. The summed E-state index contributed by atoms with van der Waals surface area (Å²) in [5.41, 5.74) is 2.53. The van der Waals surface area contributed by atoms with Crippen molar-refractivity contribution in [2.75, 3.05) is 13.2 Å². The van der Waals surface area contributed by atoms with Gasteiger partial charge in [-0.3, -0.25) is 5.10 Å². The first-order chi connectivity index (χ1) is 7.95. The van der Waals surface area contributed by atoms with E-state index < -0.39 is 0 Å². The maximum atomic E-state index is 8.83. The molecule has 0 spiro atoms. The van der Waals surface area contributed by atoms with Gasteiger partial charge in [0.2, 0.25) is 0 Å². The number of nitrogens with one attached hydrogen (secondary N) is 2. The van der Waals surface area contributed by atoms with Crippen molar-refractivity contribution in [1.29, 1.82) is 0 Å². The number of aliphatic hydroxyl groups is 1. The minimum atomic E-state index is 0.101. The van der Waals surface area contributed by atoms with E-state index in [-0.39, 0.29) is 12.0 Å². The molecule has 1 aromatic heterocycles. The van der Waals surface area contributed by atoms with Crippen LogP contribution >= 0.6 is 0 Å². The van der Waals surface area contributed by atoms with Crippen molar-refractivity contribution in [1.82, 2.24) is 15.5 Å². The Kier molecular flexibility index (Phi) is 5.15. The smallest absolute Gasteiger partial charge is 0.0535 e. The standard InChI is InChI=1S/C13H25N3O/c1-10(5-6-17)7-14-8-11-9-15-16-12(11)13(2,3)4/h9-10,14,17H,5-8H2,1-4H3,(H,15,16). The van der Waals surface area contributed by atoms with E-state index in [4.69, 9.17) is 5.11 Å². The molecule has 0 bridgehead atoms. The van der Waals surface area contributed by atoms with Crippen molar-refractivity contribution in [3.63, 3.8) is 0 Å². The first kappa shape index (κ1) is 14.2. The van der Waals surface area contributed by atoms with Gasteiger partial charge in [-0.15, -0.1) is 0 Å². The third kappa shape index (κ3) is 4.48. The predicted octanol–water partition coefficient (Wildman–Crippen LogP) is 1.82. The highest BCUT2D eigenvalue weighted by atomic mass is 16.3. The molecule has 1 atom stereocenters. The van der Waals surface area contributed by atoms with Gasteiger partial charge in [-0.1, -0.05) is 27.7 Å². The lowest BCUT2D eigenvalue weighted by atomic mass is 9.89. The predicted molar refractivity (Wildman–Crippen MR) is 69.9 cm³/mol. The first-order valence-electron chi connectivity index (χ1n) is 6.29. The zero-order valence-corrected chi connectivity index (χ0v) is 11.4. The van der Waals surface area contributed by atoms with Gasteiger partial charge in [-0.25, -0.2) is 0 Å². The van der Waals surface area contributed by atoms with Gasteiger partial charge in [0.05, 0.1) is 6.20 Å². The number of nitrogens with zero attached hydrogens (tertiary/aromatic N) is 1. The average Bonchev–Trinajstić information content (AvgIpc) is 2.65. The first-order valence-corrected chi connectivity index (χ1v) is 6.29. The maximum absolute atomic E-state index is 8.83. The SMILES string of the molecule is CC(CCO)CNCc1cn[nH]c1C(C)(C)C. The number of H-pyrrole nitrogens is 1. The Morgan fingerprint density at radius 2 is 2.18 bits per heavy atom. The second kappa shape index (κ2) is 6.17. The highest BCUT2D eigenvalue weighted by Crippen LogP contribution is 2.23. The van der Waals surface area contributed by atoms with Crippen LogP contribution in [0.3, 0.4) is 0 Å². The summed E-state index contributed by atoms with van der Waals surface area (Å²) in [6.45, 7) is 10.7. The molecule has 4 nitrogen and oxygen atoms in total. The molecule has 1 aromatic rings. The Morgan fingerprint density at radius 3 is 2.76 bits per heavy atom. The molecule has 0 amide bonds. The summed E-state index contributed by atoms with van der Waals surface area (Å²) in [5, 5.41) is 19.4. The van der Waals surface area contributed by atoms with E-state index >= 15 is 0 Å². The molecule has 0 aliphatic heterocycles. The van der Waals surface area contributed by atoms with Gasteiger partial charge in [0, 0.05) is 29.8 Å². The van der Waals surface area contributed by atoms with Gasteiger partial charge in [-0.05, 0) is 18.9 Å². The Balaban J connectivity index is 2.45. The van der Waals surface area contributed by atoms with E-state index in [1.165, 1.54) is 11.3 Å². The summed E-state index contributed by atoms with van der Waals surface area (Å²) >= 11 is 0. The average molecular weight is 239 g/mol. The fourth-order valence-electron chi connectivity index (χ4n) is 1.87. The minimum Gasteiger partial charge on any atom is -0.396 e. The fourth-order valence-corrected chi connectivity index (χ4v) is 1.87. The monoisotopic (exact) mass is 239 g/mol. The molecule has 0 aliphatic carbocycles. The Hall–Kier alpha value is -0.870. The van der Waals surface area contributed by atoms with E-state index in [9.17, 15) is 0 Å². The van der Waals surface area contributed by atoms with Crippen LogP contribution in [0.5, 0.6) is 0 Å². The van der Waals surface area contributed by atoms with E-state index in [0.717, 1.165) is 19.5 Å². The summed E-state index contributed by atoms with van der Waals surface area (Å²) < 4.78 is 0. The molecule has 4 heteroatoms. The second-order valence-corrected chi connectivity index (χ2v) is 5.77. The van der Waals surface area contributed by atoms with E-state index in [2.05, 4.69) is 43.2 Å². The van der Waals surface area contributed by atoms with Crippen molar-refractivity contribution in [3.05, 3.63) is 17.5 Å². The van der Waals surface area contributed by atoms with E-state index in [1.807, 2.05) is 6.20 Å². The van der Waals surface area contributed by atoms with Crippen LogP contribution in [0.15, 0.2) is 6.20 Å². The second-order valence-electron chi connectivity index (χ2n) is 5.77. The summed E-state index contributed by atoms with van der Waals surface area (Å²) in [5.74, 6) is 0.505. The molecule has 0 fully saturated rings. The molecule has 0 aromatic carbocycles. The third-order valence-electron chi connectivity index (χ3n) is 2.90. The van der Waals surface area contributed by atoms with Crippen molar-refractivity contribution in [3.8, 4) is 0 Å². The van der Waals surface area contributed by atoms with Crippen molar-refractivity contribution in [2.45, 2.75) is 46.1 Å². The van der Waals surface area contributed by atoms with Crippen molar-refractivity contribution < 1.29 is 5.11 Å². The van der Waals surface area contributed by atoms with E-state index in [1.54, 1.807) is 0 Å². The van der Waals surface area contributed by atoms with Crippen LogP contribution in [0.2, 0.25) is 0 Å². The van der Waals surface area contributed by atoms with E-state index in [0.29, 0.717) is 5.92 Å². The Labute approximate surface area is 104 Å². The van der Waals surface area contributed by atoms with Crippen LogP contribution in [0.1, 0.15) is 45.4 Å². The van der Waals surface area contributed by atoms with Crippen LogP contribution in [-0.4, -0.2) is 28.5 Å². The number of aromatic nitrogens is 2. The number of rotatable bonds is 6. The molecule has 0 radical (unpaired) electrons. The molecule has 0 saturated carbocycles. The highest BCUT2D eigenvalue weighted by Gasteiger charge is 2.19. The zero-order chi connectivity index (χ0) is 12.9. The molecular formula is C13H25N3O. The van der Waals surface area contributed by atoms with Crippen molar-refractivity contribution in [2.24, 2.45) is 5.92 Å². The van der Waals surface area contributed by atoms with Gasteiger partial charge in [-0.2, -0.15) is 5.10 Å². The summed E-state index contributed by atoms with van der Waals surface area (Å²) in [6, 6.07) is 0. The molecule has 0 aliphatic rings. The number of hydrogen-bond donors (Lipinski definition) is 3. The minimum absolute atomic E-state index is 0.101. The maximum Gasteiger partial charge on any atom is 0.0535 e. The van der Waals surface area contributed by atoms with Crippen LogP contribution in [-0.2, 0) is 12.0 Å². The summed E-state index contributed by atoms with van der Waals surface area (Å²) in [4.78, 5) is 0. The fraction of sp³-hybridized carbons (Fsp3) is 0.769. The topological polar surface area (TPSA) is 60.9 Å². The largest absolute Gasteiger partial charge is 0.396 e. The lowest BCUT2D eigenvalue weighted by molar-refractivity contribution is 0.260. The summed E-state index contributed by atoms with van der Waals surface area (Å²) in [7, 11) is 0. The molecular weight excluding hydrogens is 214 g/mol. The lowest BCUT2D eigenvalue weighted by Crippen LogP contribution is -2.23. The van der Waals surface area contributed by atoms with Gasteiger partial charge >= 0.3 is 0 Å².